The maximum absolute atomic E-state index is 10.9. The first-order chi connectivity index (χ1) is 8.49. The zero-order valence-corrected chi connectivity index (χ0v) is 11.7. The molecule has 1 fully saturated rings. The summed E-state index contributed by atoms with van der Waals surface area (Å²) < 4.78 is 0. The molecular weight excluding hydrogens is 230 g/mol. The molecule has 18 heavy (non-hydrogen) atoms. The summed E-state index contributed by atoms with van der Waals surface area (Å²) in [5.41, 5.74) is 0. The summed E-state index contributed by atoms with van der Waals surface area (Å²) in [7, 11) is 0. The Kier molecular flexibility index (Phi) is 5.47. The molecule has 4 nitrogen and oxygen atoms in total. The first-order valence-electron chi connectivity index (χ1n) is 6.80. The van der Waals surface area contributed by atoms with Crippen LogP contribution >= 0.6 is 0 Å². The largest absolute Gasteiger partial charge is 0.392 e. The van der Waals surface area contributed by atoms with Gasteiger partial charge in [-0.1, -0.05) is 44.5 Å². The number of nitrogens with zero attached hydrogens (tertiary/aromatic N) is 1. The third-order valence-electron chi connectivity index (χ3n) is 4.33. The van der Waals surface area contributed by atoms with Crippen molar-refractivity contribution in [3.63, 3.8) is 0 Å². The van der Waals surface area contributed by atoms with Crippen molar-refractivity contribution < 1.29 is 10.2 Å². The fraction of sp³-hybridized carbons (Fsp3) is 0.857. The quantitative estimate of drug-likeness (QED) is 0.542. The molecule has 2 N–H and O–H groups in total. The van der Waals surface area contributed by atoms with E-state index in [1.165, 1.54) is 0 Å². The summed E-state index contributed by atoms with van der Waals surface area (Å²) in [6.07, 6.45) is 3.51. The molecule has 0 bridgehead atoms. The van der Waals surface area contributed by atoms with Crippen LogP contribution in [-0.4, -0.2) is 28.5 Å². The second kappa shape index (κ2) is 6.43. The van der Waals surface area contributed by atoms with Crippen LogP contribution < -0.4 is 0 Å². The number of allylic oxidation sites excluding steroid dienone is 1. The third kappa shape index (κ3) is 2.98. The van der Waals surface area contributed by atoms with E-state index < -0.39 is 12.2 Å². The van der Waals surface area contributed by atoms with Gasteiger partial charge >= 0.3 is 0 Å². The molecule has 1 aliphatic rings. The third-order valence-corrected chi connectivity index (χ3v) is 4.33. The van der Waals surface area contributed by atoms with Gasteiger partial charge in [-0.05, 0) is 12.8 Å². The Labute approximate surface area is 109 Å². The maximum Gasteiger partial charge on any atom is 0.0995 e. The molecule has 104 valence electrons. The van der Waals surface area contributed by atoms with Gasteiger partial charge in [0.05, 0.1) is 18.2 Å². The fourth-order valence-corrected chi connectivity index (χ4v) is 2.75. The lowest BCUT2D eigenvalue weighted by Crippen LogP contribution is -2.34. The molecule has 0 aliphatic heterocycles. The van der Waals surface area contributed by atoms with Crippen LogP contribution in [0.25, 0.3) is 0 Å². The molecule has 4 heteroatoms. The zero-order valence-electron chi connectivity index (χ0n) is 11.7. The maximum atomic E-state index is 10.9. The minimum absolute atomic E-state index is 0.0247. The van der Waals surface area contributed by atoms with E-state index in [9.17, 15) is 15.1 Å². The Morgan fingerprint density at radius 1 is 1.39 bits per heavy atom. The van der Waals surface area contributed by atoms with E-state index >= 15 is 0 Å². The van der Waals surface area contributed by atoms with Gasteiger partial charge in [-0.3, -0.25) is 0 Å². The highest BCUT2D eigenvalue weighted by molar-refractivity contribution is 5.12. The first kappa shape index (κ1) is 15.3. The van der Waals surface area contributed by atoms with E-state index in [-0.39, 0.29) is 29.7 Å². The Hall–Kier alpha value is -0.740. The number of nitroso groups, excluding NO2 is 1. The molecule has 1 rings (SSSR count). The number of rotatable bonds is 7. The van der Waals surface area contributed by atoms with Crippen LogP contribution in [0, 0.1) is 28.6 Å². The highest BCUT2D eigenvalue weighted by atomic mass is 16.3. The molecular formula is C14H25NO3. The molecule has 0 spiro atoms. The molecule has 0 heterocycles. The van der Waals surface area contributed by atoms with Crippen molar-refractivity contribution in [1.82, 2.24) is 0 Å². The molecule has 0 aromatic heterocycles. The van der Waals surface area contributed by atoms with E-state index in [0.29, 0.717) is 0 Å². The Morgan fingerprint density at radius 2 is 2.00 bits per heavy atom. The molecule has 7 unspecified atom stereocenters. The van der Waals surface area contributed by atoms with Gasteiger partial charge in [0.25, 0.3) is 0 Å². The normalized spacial score (nSPS) is 34.0. The van der Waals surface area contributed by atoms with Crippen LogP contribution in [0.1, 0.15) is 34.1 Å². The van der Waals surface area contributed by atoms with Crippen molar-refractivity contribution >= 4 is 0 Å². The molecule has 0 saturated heterocycles. The van der Waals surface area contributed by atoms with Crippen molar-refractivity contribution in [2.75, 3.05) is 0 Å². The van der Waals surface area contributed by atoms with E-state index in [1.807, 2.05) is 39.8 Å². The van der Waals surface area contributed by atoms with E-state index in [4.69, 9.17) is 0 Å². The van der Waals surface area contributed by atoms with Gasteiger partial charge in [0.15, 0.2) is 0 Å². The molecule has 7 atom stereocenters. The van der Waals surface area contributed by atoms with Gasteiger partial charge in [-0.25, -0.2) is 0 Å². The average Bonchev–Trinajstić information content (AvgIpc) is 2.99. The van der Waals surface area contributed by atoms with Crippen LogP contribution in [0.4, 0.5) is 0 Å². The highest BCUT2D eigenvalue weighted by Crippen LogP contribution is 2.45. The minimum Gasteiger partial charge on any atom is -0.392 e. The number of hydrogen-bond acceptors (Lipinski definition) is 4. The van der Waals surface area contributed by atoms with Crippen LogP contribution in [0.15, 0.2) is 17.3 Å². The SMILES string of the molecule is CC=CC1C(O)C1C(O)C(C)C(N=O)C(C)CC. The monoisotopic (exact) mass is 255 g/mol. The lowest BCUT2D eigenvalue weighted by atomic mass is 9.84. The smallest absolute Gasteiger partial charge is 0.0995 e. The van der Waals surface area contributed by atoms with Gasteiger partial charge in [0.1, 0.15) is 0 Å². The van der Waals surface area contributed by atoms with Crippen molar-refractivity contribution in [1.29, 1.82) is 0 Å². The number of aliphatic hydroxyl groups is 2. The standard InChI is InChI=1S/C14H25NO3/c1-5-7-10-11(14(10)17)13(16)9(4)12(15-18)8(3)6-2/h5,7-14,16-17H,6H2,1-4H3. The van der Waals surface area contributed by atoms with Gasteiger partial charge < -0.3 is 10.2 Å². The second-order valence-corrected chi connectivity index (χ2v) is 5.50. The summed E-state index contributed by atoms with van der Waals surface area (Å²) in [4.78, 5) is 10.9. The van der Waals surface area contributed by atoms with Gasteiger partial charge in [-0.15, -0.1) is 0 Å². The van der Waals surface area contributed by atoms with E-state index in [0.717, 1.165) is 6.42 Å². The van der Waals surface area contributed by atoms with Crippen LogP contribution in [0.2, 0.25) is 0 Å². The highest BCUT2D eigenvalue weighted by Gasteiger charge is 2.53. The Morgan fingerprint density at radius 3 is 2.44 bits per heavy atom. The fourth-order valence-electron chi connectivity index (χ4n) is 2.75. The summed E-state index contributed by atoms with van der Waals surface area (Å²) in [5, 5.41) is 23.2. The Balaban J connectivity index is 2.66. The van der Waals surface area contributed by atoms with Crippen molar-refractivity contribution in [3.05, 3.63) is 17.1 Å². The lowest BCUT2D eigenvalue weighted by molar-refractivity contribution is 0.0547. The summed E-state index contributed by atoms with van der Waals surface area (Å²) >= 11 is 0. The summed E-state index contributed by atoms with van der Waals surface area (Å²) in [5.74, 6) is -0.184. The van der Waals surface area contributed by atoms with E-state index in [2.05, 4.69) is 5.18 Å². The van der Waals surface area contributed by atoms with Gasteiger partial charge in [0, 0.05) is 17.8 Å². The molecule has 1 aliphatic carbocycles. The molecule has 0 radical (unpaired) electrons. The first-order valence-corrected chi connectivity index (χ1v) is 6.80. The van der Waals surface area contributed by atoms with Crippen molar-refractivity contribution in [2.45, 2.75) is 52.4 Å². The molecule has 0 amide bonds. The Bertz CT molecular complexity index is 305. The topological polar surface area (TPSA) is 69.9 Å². The number of aliphatic hydroxyl groups excluding tert-OH is 2. The van der Waals surface area contributed by atoms with Crippen molar-refractivity contribution in [2.24, 2.45) is 28.8 Å². The van der Waals surface area contributed by atoms with Gasteiger partial charge in [0.2, 0.25) is 0 Å². The van der Waals surface area contributed by atoms with Gasteiger partial charge in [-0.2, -0.15) is 4.91 Å². The number of hydrogen-bond donors (Lipinski definition) is 2. The minimum atomic E-state index is -0.669. The second-order valence-electron chi connectivity index (χ2n) is 5.50. The van der Waals surface area contributed by atoms with Crippen LogP contribution in [-0.2, 0) is 0 Å². The zero-order chi connectivity index (χ0) is 13.9. The van der Waals surface area contributed by atoms with Crippen LogP contribution in [0.3, 0.4) is 0 Å². The van der Waals surface area contributed by atoms with Crippen LogP contribution in [0.5, 0.6) is 0 Å². The molecule has 0 aromatic rings. The lowest BCUT2D eigenvalue weighted by Gasteiger charge is -2.27. The average molecular weight is 255 g/mol. The molecule has 1 saturated carbocycles. The predicted octanol–water partition coefficient (Wildman–Crippen LogP) is 2.35. The van der Waals surface area contributed by atoms with Crippen molar-refractivity contribution in [3.8, 4) is 0 Å². The van der Waals surface area contributed by atoms with E-state index in [1.54, 1.807) is 0 Å². The molecule has 0 aromatic carbocycles. The summed E-state index contributed by atoms with van der Waals surface area (Å²) in [6.45, 7) is 7.73. The summed E-state index contributed by atoms with van der Waals surface area (Å²) in [6, 6.07) is -0.385. The predicted molar refractivity (Wildman–Crippen MR) is 72.0 cm³/mol.